The molecule has 1 unspecified atom stereocenters. The third-order valence-electron chi connectivity index (χ3n) is 4.81. The Kier molecular flexibility index (Phi) is 1.61. The van der Waals surface area contributed by atoms with E-state index in [1.54, 1.807) is 0 Å². The van der Waals surface area contributed by atoms with Crippen LogP contribution in [0.1, 0.15) is 33.6 Å². The predicted octanol–water partition coefficient (Wildman–Crippen LogP) is 2.37. The summed E-state index contributed by atoms with van der Waals surface area (Å²) in [6.45, 7) is 10.0. The van der Waals surface area contributed by atoms with Crippen molar-refractivity contribution in [2.75, 3.05) is 20.1 Å². The minimum Gasteiger partial charge on any atom is -0.305 e. The van der Waals surface area contributed by atoms with Gasteiger partial charge in [-0.2, -0.15) is 0 Å². The molecule has 1 saturated heterocycles. The number of hydrogen-bond donors (Lipinski definition) is 0. The van der Waals surface area contributed by atoms with Crippen LogP contribution in [-0.4, -0.2) is 25.0 Å². The first-order chi connectivity index (χ1) is 5.48. The second-order valence-electron chi connectivity index (χ2n) is 5.59. The molecule has 12 heavy (non-hydrogen) atoms. The molecule has 2 fully saturated rings. The van der Waals surface area contributed by atoms with E-state index >= 15 is 0 Å². The zero-order valence-corrected chi connectivity index (χ0v) is 8.85. The molecule has 2 aliphatic rings. The summed E-state index contributed by atoms with van der Waals surface area (Å²) in [6, 6.07) is 0. The molecular formula is C11H21N. The predicted molar refractivity (Wildman–Crippen MR) is 52.1 cm³/mol. The van der Waals surface area contributed by atoms with Crippen molar-refractivity contribution in [1.82, 2.24) is 4.90 Å². The van der Waals surface area contributed by atoms with E-state index in [0.717, 1.165) is 5.92 Å². The summed E-state index contributed by atoms with van der Waals surface area (Å²) in [4.78, 5) is 2.51. The van der Waals surface area contributed by atoms with Crippen molar-refractivity contribution in [3.05, 3.63) is 0 Å². The Morgan fingerprint density at radius 1 is 1.25 bits per heavy atom. The van der Waals surface area contributed by atoms with Crippen molar-refractivity contribution in [2.24, 2.45) is 16.7 Å². The highest BCUT2D eigenvalue weighted by Gasteiger charge is 2.57. The molecule has 70 valence electrons. The lowest BCUT2D eigenvalue weighted by molar-refractivity contribution is 0.139. The van der Waals surface area contributed by atoms with E-state index in [0.29, 0.717) is 10.8 Å². The molecule has 0 aromatic carbocycles. The first-order valence-corrected chi connectivity index (χ1v) is 5.16. The lowest BCUT2D eigenvalue weighted by Gasteiger charge is -2.36. The van der Waals surface area contributed by atoms with Gasteiger partial charge in [0.05, 0.1) is 0 Å². The van der Waals surface area contributed by atoms with Gasteiger partial charge in [-0.3, -0.25) is 0 Å². The second kappa shape index (κ2) is 2.25. The molecule has 1 aliphatic carbocycles. The zero-order chi connectivity index (χ0) is 8.98. The lowest BCUT2D eigenvalue weighted by Crippen LogP contribution is -2.34. The van der Waals surface area contributed by atoms with E-state index in [9.17, 15) is 0 Å². The van der Waals surface area contributed by atoms with Gasteiger partial charge in [0, 0.05) is 13.1 Å². The Bertz CT molecular complexity index is 201. The van der Waals surface area contributed by atoms with Crippen LogP contribution in [0.3, 0.4) is 0 Å². The first-order valence-electron chi connectivity index (χ1n) is 5.16. The van der Waals surface area contributed by atoms with Crippen LogP contribution in [0.5, 0.6) is 0 Å². The van der Waals surface area contributed by atoms with Crippen LogP contribution in [0.4, 0.5) is 0 Å². The van der Waals surface area contributed by atoms with Crippen LogP contribution in [0.2, 0.25) is 0 Å². The molecule has 0 radical (unpaired) electrons. The van der Waals surface area contributed by atoms with Gasteiger partial charge in [-0.1, -0.05) is 20.8 Å². The van der Waals surface area contributed by atoms with Crippen molar-refractivity contribution < 1.29 is 0 Å². The zero-order valence-electron chi connectivity index (χ0n) is 8.85. The van der Waals surface area contributed by atoms with Gasteiger partial charge < -0.3 is 4.90 Å². The molecule has 1 aliphatic heterocycles. The van der Waals surface area contributed by atoms with Crippen LogP contribution in [0.15, 0.2) is 0 Å². The topological polar surface area (TPSA) is 3.24 Å². The molecule has 1 nitrogen and oxygen atoms in total. The van der Waals surface area contributed by atoms with E-state index < -0.39 is 0 Å². The van der Waals surface area contributed by atoms with Gasteiger partial charge in [0.1, 0.15) is 0 Å². The van der Waals surface area contributed by atoms with Gasteiger partial charge in [-0.15, -0.1) is 0 Å². The monoisotopic (exact) mass is 167 g/mol. The van der Waals surface area contributed by atoms with Gasteiger partial charge >= 0.3 is 0 Å². The molecule has 0 aromatic heterocycles. The number of fused-ring (bicyclic) bond motifs is 1. The Labute approximate surface area is 76.1 Å². The maximum Gasteiger partial charge on any atom is 0.00408 e. The van der Waals surface area contributed by atoms with E-state index in [4.69, 9.17) is 0 Å². The van der Waals surface area contributed by atoms with E-state index in [1.807, 2.05) is 0 Å². The van der Waals surface area contributed by atoms with Crippen molar-refractivity contribution >= 4 is 0 Å². The minimum atomic E-state index is 0.599. The fourth-order valence-corrected chi connectivity index (χ4v) is 3.55. The Morgan fingerprint density at radius 3 is 2.50 bits per heavy atom. The molecule has 0 spiro atoms. The van der Waals surface area contributed by atoms with Crippen LogP contribution < -0.4 is 0 Å². The highest BCUT2D eigenvalue weighted by molar-refractivity contribution is 5.07. The summed E-state index contributed by atoms with van der Waals surface area (Å²) in [7, 11) is 2.27. The summed E-state index contributed by atoms with van der Waals surface area (Å²) in [6.07, 6.45) is 2.88. The van der Waals surface area contributed by atoms with Crippen LogP contribution in [0, 0.1) is 16.7 Å². The van der Waals surface area contributed by atoms with E-state index in [-0.39, 0.29) is 0 Å². The maximum atomic E-state index is 2.51. The summed E-state index contributed by atoms with van der Waals surface area (Å²) in [5, 5.41) is 0. The number of nitrogens with zero attached hydrogens (tertiary/aromatic N) is 1. The third kappa shape index (κ3) is 0.834. The molecule has 2 rings (SSSR count). The molecular weight excluding hydrogens is 146 g/mol. The Hall–Kier alpha value is -0.0400. The van der Waals surface area contributed by atoms with Crippen LogP contribution >= 0.6 is 0 Å². The first kappa shape index (κ1) is 8.55. The average molecular weight is 167 g/mol. The van der Waals surface area contributed by atoms with Gasteiger partial charge in [0.25, 0.3) is 0 Å². The van der Waals surface area contributed by atoms with Crippen molar-refractivity contribution in [3.8, 4) is 0 Å². The van der Waals surface area contributed by atoms with E-state index in [2.05, 4.69) is 32.7 Å². The quantitative estimate of drug-likeness (QED) is 0.535. The number of rotatable bonds is 0. The highest BCUT2D eigenvalue weighted by atomic mass is 15.2. The molecule has 1 heteroatoms. The van der Waals surface area contributed by atoms with Gasteiger partial charge in [-0.25, -0.2) is 0 Å². The summed E-state index contributed by atoms with van der Waals surface area (Å²) < 4.78 is 0. The SMILES string of the molecule is CC1CC[C@@]2(C)CN(C)C[C@@]12C. The van der Waals surface area contributed by atoms with Crippen LogP contribution in [0.25, 0.3) is 0 Å². The molecule has 1 saturated carbocycles. The van der Waals surface area contributed by atoms with Crippen molar-refractivity contribution in [2.45, 2.75) is 33.6 Å². The maximum absolute atomic E-state index is 2.51. The van der Waals surface area contributed by atoms with Crippen molar-refractivity contribution in [3.63, 3.8) is 0 Å². The smallest absolute Gasteiger partial charge is 0.00408 e. The number of hydrogen-bond acceptors (Lipinski definition) is 1. The molecule has 0 bridgehead atoms. The standard InChI is InChI=1S/C11H21N/c1-9-5-6-10(2)7-12(4)8-11(9,10)3/h9H,5-8H2,1-4H3/t9?,10-,11-/m0/s1. The normalized spacial score (nSPS) is 54.5. The molecule has 0 amide bonds. The van der Waals surface area contributed by atoms with Crippen molar-refractivity contribution in [1.29, 1.82) is 0 Å². The molecule has 1 heterocycles. The third-order valence-corrected chi connectivity index (χ3v) is 4.81. The molecule has 0 N–H and O–H groups in total. The summed E-state index contributed by atoms with van der Waals surface area (Å²) >= 11 is 0. The summed E-state index contributed by atoms with van der Waals surface area (Å²) in [5.41, 5.74) is 1.21. The minimum absolute atomic E-state index is 0.599. The molecule has 3 atom stereocenters. The highest BCUT2D eigenvalue weighted by Crippen LogP contribution is 2.59. The largest absolute Gasteiger partial charge is 0.305 e. The molecule has 0 aromatic rings. The average Bonchev–Trinajstić information content (AvgIpc) is 2.28. The fourth-order valence-electron chi connectivity index (χ4n) is 3.55. The van der Waals surface area contributed by atoms with Gasteiger partial charge in [0.15, 0.2) is 0 Å². The summed E-state index contributed by atoms with van der Waals surface area (Å²) in [5.74, 6) is 0.924. The van der Waals surface area contributed by atoms with Gasteiger partial charge in [0.2, 0.25) is 0 Å². The Morgan fingerprint density at radius 2 is 1.92 bits per heavy atom. The van der Waals surface area contributed by atoms with Crippen LogP contribution in [-0.2, 0) is 0 Å². The fraction of sp³-hybridized carbons (Fsp3) is 1.00. The van der Waals surface area contributed by atoms with Gasteiger partial charge in [-0.05, 0) is 36.6 Å². The van der Waals surface area contributed by atoms with E-state index in [1.165, 1.54) is 25.9 Å². The lowest BCUT2D eigenvalue weighted by atomic mass is 9.67. The Balaban J connectivity index is 2.32. The second-order valence-corrected chi connectivity index (χ2v) is 5.59. The number of likely N-dealkylation sites (tertiary alicyclic amines) is 1.